The van der Waals surface area contributed by atoms with Crippen molar-refractivity contribution in [1.29, 1.82) is 0 Å². The summed E-state index contributed by atoms with van der Waals surface area (Å²) in [5, 5.41) is 0. The Kier molecular flexibility index (Phi) is 4.38. The van der Waals surface area contributed by atoms with Crippen molar-refractivity contribution in [1.82, 2.24) is 9.88 Å². The minimum Gasteiger partial charge on any atom is -0.372 e. The van der Waals surface area contributed by atoms with Gasteiger partial charge in [-0.25, -0.2) is 4.98 Å². The predicted octanol–water partition coefficient (Wildman–Crippen LogP) is 0.643. The van der Waals surface area contributed by atoms with Crippen molar-refractivity contribution in [3.63, 3.8) is 0 Å². The first-order chi connectivity index (χ1) is 9.53. The Morgan fingerprint density at radius 2 is 2.40 bits per heavy atom. The van der Waals surface area contributed by atoms with Crippen LogP contribution in [0.15, 0.2) is 18.3 Å². The normalized spacial score (nSPS) is 17.2. The number of hydrogen-bond acceptors (Lipinski definition) is 4. The molecule has 5 nitrogen and oxygen atoms in total. The molecule has 0 atom stereocenters. The number of pyridine rings is 1. The van der Waals surface area contributed by atoms with Gasteiger partial charge in [-0.1, -0.05) is 11.8 Å². The fourth-order valence-electron chi connectivity index (χ4n) is 2.16. The first kappa shape index (κ1) is 14.5. The maximum absolute atomic E-state index is 12.6. The number of carbonyl (C=O) groups is 1. The van der Waals surface area contributed by atoms with Crippen LogP contribution in [0.25, 0.3) is 0 Å². The van der Waals surface area contributed by atoms with E-state index in [1.54, 1.807) is 23.2 Å². The molecule has 0 aromatic carbocycles. The Morgan fingerprint density at radius 3 is 3.10 bits per heavy atom. The Labute approximate surface area is 119 Å². The van der Waals surface area contributed by atoms with Crippen LogP contribution in [-0.4, -0.2) is 47.6 Å². The fraction of sp³-hybridized carbons (Fsp3) is 0.467. The van der Waals surface area contributed by atoms with Gasteiger partial charge in [0, 0.05) is 19.3 Å². The van der Waals surface area contributed by atoms with E-state index in [2.05, 4.69) is 16.8 Å². The number of aromatic nitrogens is 1. The molecule has 5 heteroatoms. The smallest absolute Gasteiger partial charge is 0.273 e. The molecular formula is C15H19N3O2. The van der Waals surface area contributed by atoms with Crippen LogP contribution in [0.1, 0.15) is 29.9 Å². The van der Waals surface area contributed by atoms with E-state index in [0.717, 1.165) is 0 Å². The zero-order chi connectivity index (χ0) is 14.6. The lowest BCUT2D eigenvalue weighted by molar-refractivity contribution is -0.0765. The largest absolute Gasteiger partial charge is 0.372 e. The average molecular weight is 273 g/mol. The van der Waals surface area contributed by atoms with E-state index >= 15 is 0 Å². The first-order valence-electron chi connectivity index (χ1n) is 6.61. The summed E-state index contributed by atoms with van der Waals surface area (Å²) in [5.41, 5.74) is 6.05. The van der Waals surface area contributed by atoms with Gasteiger partial charge in [0.2, 0.25) is 0 Å². The van der Waals surface area contributed by atoms with E-state index in [1.807, 2.05) is 13.8 Å². The van der Waals surface area contributed by atoms with Gasteiger partial charge in [-0.15, -0.1) is 0 Å². The van der Waals surface area contributed by atoms with Crippen molar-refractivity contribution in [3.05, 3.63) is 29.6 Å². The Balaban J connectivity index is 2.25. The molecule has 2 rings (SSSR count). The molecular weight excluding hydrogens is 254 g/mol. The molecule has 2 N–H and O–H groups in total. The van der Waals surface area contributed by atoms with Gasteiger partial charge in [-0.2, -0.15) is 0 Å². The first-order valence-corrected chi connectivity index (χ1v) is 6.61. The second-order valence-electron chi connectivity index (χ2n) is 5.24. The topological polar surface area (TPSA) is 68.5 Å². The van der Waals surface area contributed by atoms with Crippen molar-refractivity contribution in [2.45, 2.75) is 19.4 Å². The lowest BCUT2D eigenvalue weighted by atomic mass is 10.1. The molecule has 0 unspecified atom stereocenters. The highest BCUT2D eigenvalue weighted by molar-refractivity contribution is 5.94. The van der Waals surface area contributed by atoms with Crippen LogP contribution in [0.4, 0.5) is 0 Å². The van der Waals surface area contributed by atoms with Crippen LogP contribution in [0.5, 0.6) is 0 Å². The second-order valence-corrected chi connectivity index (χ2v) is 5.24. The van der Waals surface area contributed by atoms with Gasteiger partial charge in [-0.05, 0) is 26.0 Å². The van der Waals surface area contributed by atoms with Crippen molar-refractivity contribution in [3.8, 4) is 11.8 Å². The highest BCUT2D eigenvalue weighted by Crippen LogP contribution is 2.18. The lowest BCUT2D eigenvalue weighted by Crippen LogP contribution is -2.50. The van der Waals surface area contributed by atoms with E-state index in [9.17, 15) is 4.79 Å². The van der Waals surface area contributed by atoms with Crippen LogP contribution in [0, 0.1) is 11.8 Å². The van der Waals surface area contributed by atoms with Crippen LogP contribution in [0.2, 0.25) is 0 Å². The number of hydrogen-bond donors (Lipinski definition) is 1. The van der Waals surface area contributed by atoms with Gasteiger partial charge in [0.15, 0.2) is 0 Å². The molecule has 1 amide bonds. The summed E-state index contributed by atoms with van der Waals surface area (Å²) in [5.74, 6) is 5.55. The van der Waals surface area contributed by atoms with Gasteiger partial charge in [0.25, 0.3) is 5.91 Å². The third kappa shape index (κ3) is 3.35. The predicted molar refractivity (Wildman–Crippen MR) is 76.1 cm³/mol. The summed E-state index contributed by atoms with van der Waals surface area (Å²) in [6, 6.07) is 3.55. The van der Waals surface area contributed by atoms with Crippen LogP contribution >= 0.6 is 0 Å². The second kappa shape index (κ2) is 6.04. The maximum atomic E-state index is 12.6. The summed E-state index contributed by atoms with van der Waals surface area (Å²) in [4.78, 5) is 18.5. The van der Waals surface area contributed by atoms with Gasteiger partial charge in [0.1, 0.15) is 5.69 Å². The fourth-order valence-corrected chi connectivity index (χ4v) is 2.16. The Morgan fingerprint density at radius 1 is 1.60 bits per heavy atom. The van der Waals surface area contributed by atoms with E-state index in [0.29, 0.717) is 31.0 Å². The Hall–Kier alpha value is -1.90. The molecule has 0 saturated carbocycles. The van der Waals surface area contributed by atoms with E-state index in [4.69, 9.17) is 10.5 Å². The van der Waals surface area contributed by atoms with E-state index < -0.39 is 0 Å². The molecule has 1 aliphatic rings. The monoisotopic (exact) mass is 273 g/mol. The number of morpholine rings is 1. The maximum Gasteiger partial charge on any atom is 0.273 e. The summed E-state index contributed by atoms with van der Waals surface area (Å²) < 4.78 is 5.62. The lowest BCUT2D eigenvalue weighted by Gasteiger charge is -2.38. The number of nitrogens with two attached hydrogens (primary N) is 1. The third-order valence-corrected chi connectivity index (χ3v) is 3.05. The van der Waals surface area contributed by atoms with Gasteiger partial charge in [0.05, 0.1) is 24.3 Å². The summed E-state index contributed by atoms with van der Waals surface area (Å²) >= 11 is 0. The third-order valence-electron chi connectivity index (χ3n) is 3.05. The van der Waals surface area contributed by atoms with E-state index in [-0.39, 0.29) is 18.1 Å². The van der Waals surface area contributed by atoms with Crippen LogP contribution in [-0.2, 0) is 4.74 Å². The van der Waals surface area contributed by atoms with E-state index in [1.165, 1.54) is 0 Å². The summed E-state index contributed by atoms with van der Waals surface area (Å²) in [7, 11) is 0. The minimum atomic E-state index is -0.328. The van der Waals surface area contributed by atoms with Gasteiger partial charge in [-0.3, -0.25) is 4.79 Å². The molecule has 0 aliphatic carbocycles. The SMILES string of the molecule is CC1(C)CN(C(=O)c2ncccc2C#CCN)CCO1. The highest BCUT2D eigenvalue weighted by atomic mass is 16.5. The minimum absolute atomic E-state index is 0.108. The zero-order valence-corrected chi connectivity index (χ0v) is 11.8. The molecule has 1 fully saturated rings. The number of amides is 1. The van der Waals surface area contributed by atoms with Crippen molar-refractivity contribution in [2.75, 3.05) is 26.2 Å². The molecule has 20 heavy (non-hydrogen) atoms. The molecule has 1 aliphatic heterocycles. The highest BCUT2D eigenvalue weighted by Gasteiger charge is 2.31. The van der Waals surface area contributed by atoms with Crippen LogP contribution in [0.3, 0.4) is 0 Å². The molecule has 0 radical (unpaired) electrons. The molecule has 106 valence electrons. The molecule has 1 saturated heterocycles. The average Bonchev–Trinajstić information content (AvgIpc) is 2.43. The molecule has 0 bridgehead atoms. The molecule has 0 spiro atoms. The van der Waals surface area contributed by atoms with Gasteiger partial charge < -0.3 is 15.4 Å². The Bertz CT molecular complexity index is 558. The van der Waals surface area contributed by atoms with Gasteiger partial charge >= 0.3 is 0 Å². The quantitative estimate of drug-likeness (QED) is 0.763. The van der Waals surface area contributed by atoms with Crippen molar-refractivity contribution >= 4 is 5.91 Å². The summed E-state index contributed by atoms with van der Waals surface area (Å²) in [6.07, 6.45) is 1.60. The van der Waals surface area contributed by atoms with Crippen molar-refractivity contribution < 1.29 is 9.53 Å². The molecule has 1 aromatic heterocycles. The molecule has 1 aromatic rings. The standard InChI is InChI=1S/C15H19N3O2/c1-15(2)11-18(9-10-20-15)14(19)13-12(5-3-7-16)6-4-8-17-13/h4,6,8H,7,9-11,16H2,1-2H3. The zero-order valence-electron chi connectivity index (χ0n) is 11.8. The summed E-state index contributed by atoms with van der Waals surface area (Å²) in [6.45, 7) is 5.86. The number of carbonyl (C=O) groups excluding carboxylic acids is 1. The molecule has 2 heterocycles. The number of rotatable bonds is 1. The van der Waals surface area contributed by atoms with Crippen LogP contribution < -0.4 is 5.73 Å². The number of ether oxygens (including phenoxy) is 1. The van der Waals surface area contributed by atoms with Crippen molar-refractivity contribution in [2.24, 2.45) is 5.73 Å². The number of nitrogens with zero attached hydrogens (tertiary/aromatic N) is 2.